The van der Waals surface area contributed by atoms with Crippen LogP contribution >= 0.6 is 23.4 Å². The number of nitrogens with one attached hydrogen (secondary N) is 1. The minimum absolute atomic E-state index is 0.0895. The van der Waals surface area contributed by atoms with Crippen molar-refractivity contribution < 1.29 is 4.79 Å². The van der Waals surface area contributed by atoms with E-state index in [0.717, 1.165) is 12.2 Å². The van der Waals surface area contributed by atoms with Crippen molar-refractivity contribution in [3.05, 3.63) is 29.8 Å². The topological polar surface area (TPSA) is 29.1 Å². The molecule has 1 amide bonds. The molecule has 16 heavy (non-hydrogen) atoms. The molecule has 0 saturated heterocycles. The van der Waals surface area contributed by atoms with Crippen LogP contribution in [0, 0.1) is 0 Å². The van der Waals surface area contributed by atoms with Crippen molar-refractivity contribution in [2.45, 2.75) is 29.7 Å². The molecular weight excluding hydrogens is 242 g/mol. The molecule has 1 N–H and O–H groups in total. The first-order valence-electron chi connectivity index (χ1n) is 5.34. The van der Waals surface area contributed by atoms with Crippen LogP contribution in [-0.4, -0.2) is 17.0 Å². The maximum Gasteiger partial charge on any atom is 0.238 e. The van der Waals surface area contributed by atoms with Crippen molar-refractivity contribution in [1.29, 1.82) is 0 Å². The van der Waals surface area contributed by atoms with Crippen LogP contribution in [0.1, 0.15) is 24.9 Å². The summed E-state index contributed by atoms with van der Waals surface area (Å²) in [5, 5.41) is 2.52. The first kappa shape index (κ1) is 11.8. The Bertz CT molecular complexity index is 394. The van der Waals surface area contributed by atoms with Gasteiger partial charge in [-0.3, -0.25) is 4.79 Å². The zero-order chi connectivity index (χ0) is 11.5. The SMILES string of the molecule is CC(Cl)C(=O)NC1CCSc2ccccc21. The number of hydrogen-bond donors (Lipinski definition) is 1. The molecule has 0 saturated carbocycles. The summed E-state index contributed by atoms with van der Waals surface area (Å²) < 4.78 is 0. The van der Waals surface area contributed by atoms with Crippen LogP contribution in [0.2, 0.25) is 0 Å². The third kappa shape index (κ3) is 2.53. The fourth-order valence-corrected chi connectivity index (χ4v) is 2.97. The summed E-state index contributed by atoms with van der Waals surface area (Å²) >= 11 is 7.60. The standard InChI is InChI=1S/C12H14ClNOS/c1-8(13)12(15)14-10-6-7-16-11-5-3-2-4-9(10)11/h2-5,8,10H,6-7H2,1H3,(H,14,15). The lowest BCUT2D eigenvalue weighted by Gasteiger charge is -2.26. The van der Waals surface area contributed by atoms with Crippen molar-refractivity contribution in [3.63, 3.8) is 0 Å². The third-order valence-electron chi connectivity index (χ3n) is 2.64. The van der Waals surface area contributed by atoms with Crippen LogP contribution in [-0.2, 0) is 4.79 Å². The van der Waals surface area contributed by atoms with Crippen LogP contribution in [0.3, 0.4) is 0 Å². The van der Waals surface area contributed by atoms with E-state index in [4.69, 9.17) is 11.6 Å². The highest BCUT2D eigenvalue weighted by Crippen LogP contribution is 2.35. The van der Waals surface area contributed by atoms with Gasteiger partial charge in [0.05, 0.1) is 6.04 Å². The maximum absolute atomic E-state index is 11.6. The summed E-state index contributed by atoms with van der Waals surface area (Å²) in [5.74, 6) is 0.951. The zero-order valence-corrected chi connectivity index (χ0v) is 10.6. The average molecular weight is 256 g/mol. The summed E-state index contributed by atoms with van der Waals surface area (Å²) in [6.07, 6.45) is 0.969. The molecule has 1 aromatic rings. The van der Waals surface area contributed by atoms with Crippen molar-refractivity contribution in [1.82, 2.24) is 5.32 Å². The van der Waals surface area contributed by atoms with Crippen molar-refractivity contribution in [2.24, 2.45) is 0 Å². The number of benzene rings is 1. The van der Waals surface area contributed by atoms with Crippen molar-refractivity contribution in [3.8, 4) is 0 Å². The van der Waals surface area contributed by atoms with Gasteiger partial charge in [0.15, 0.2) is 0 Å². The van der Waals surface area contributed by atoms with Crippen molar-refractivity contribution >= 4 is 29.3 Å². The van der Waals surface area contributed by atoms with Gasteiger partial charge in [-0.2, -0.15) is 0 Å². The number of thioether (sulfide) groups is 1. The fraction of sp³-hybridized carbons (Fsp3) is 0.417. The van der Waals surface area contributed by atoms with Gasteiger partial charge in [-0.1, -0.05) is 18.2 Å². The summed E-state index contributed by atoms with van der Waals surface area (Å²) in [7, 11) is 0. The number of rotatable bonds is 2. The van der Waals surface area contributed by atoms with Crippen LogP contribution in [0.25, 0.3) is 0 Å². The van der Waals surface area contributed by atoms with E-state index in [-0.39, 0.29) is 11.9 Å². The average Bonchev–Trinajstić information content (AvgIpc) is 2.29. The summed E-state index contributed by atoms with van der Waals surface area (Å²) in [6.45, 7) is 1.69. The number of halogens is 1. The smallest absolute Gasteiger partial charge is 0.238 e. The second-order valence-electron chi connectivity index (χ2n) is 3.85. The van der Waals surface area contributed by atoms with Gasteiger partial charge in [0, 0.05) is 10.6 Å². The van der Waals surface area contributed by atoms with E-state index in [1.165, 1.54) is 10.5 Å². The van der Waals surface area contributed by atoms with E-state index in [0.29, 0.717) is 0 Å². The van der Waals surface area contributed by atoms with Crippen LogP contribution in [0.15, 0.2) is 29.2 Å². The van der Waals surface area contributed by atoms with Gasteiger partial charge in [-0.15, -0.1) is 23.4 Å². The Labute approximate surface area is 105 Å². The number of carbonyl (C=O) groups excluding carboxylic acids is 1. The lowest BCUT2D eigenvalue weighted by Crippen LogP contribution is -2.34. The van der Waals surface area contributed by atoms with E-state index < -0.39 is 5.38 Å². The Morgan fingerprint density at radius 1 is 1.56 bits per heavy atom. The molecule has 0 aliphatic carbocycles. The molecule has 1 aliphatic heterocycles. The second-order valence-corrected chi connectivity index (χ2v) is 5.64. The molecule has 86 valence electrons. The van der Waals surface area contributed by atoms with Crippen LogP contribution < -0.4 is 5.32 Å². The highest BCUT2D eigenvalue weighted by atomic mass is 35.5. The predicted molar refractivity (Wildman–Crippen MR) is 68.0 cm³/mol. The van der Waals surface area contributed by atoms with Gasteiger partial charge in [0.25, 0.3) is 0 Å². The Morgan fingerprint density at radius 3 is 3.06 bits per heavy atom. The van der Waals surface area contributed by atoms with E-state index in [1.54, 1.807) is 6.92 Å². The second kappa shape index (κ2) is 5.11. The molecule has 0 spiro atoms. The zero-order valence-electron chi connectivity index (χ0n) is 9.07. The maximum atomic E-state index is 11.6. The third-order valence-corrected chi connectivity index (χ3v) is 3.96. The normalized spacial score (nSPS) is 21.0. The highest BCUT2D eigenvalue weighted by molar-refractivity contribution is 7.99. The molecule has 4 heteroatoms. The van der Waals surface area contributed by atoms with Crippen molar-refractivity contribution in [2.75, 3.05) is 5.75 Å². The first-order chi connectivity index (χ1) is 7.68. The molecular formula is C12H14ClNOS. The lowest BCUT2D eigenvalue weighted by atomic mass is 10.0. The predicted octanol–water partition coefficient (Wildman–Crippen LogP) is 2.97. The van der Waals surface area contributed by atoms with E-state index >= 15 is 0 Å². The molecule has 0 bridgehead atoms. The van der Waals surface area contributed by atoms with Crippen LogP contribution in [0.5, 0.6) is 0 Å². The Balaban J connectivity index is 2.16. The molecule has 2 unspecified atom stereocenters. The minimum atomic E-state index is -0.471. The molecule has 0 radical (unpaired) electrons. The molecule has 1 aromatic carbocycles. The van der Waals surface area contributed by atoms with E-state index in [1.807, 2.05) is 23.9 Å². The first-order valence-corrected chi connectivity index (χ1v) is 6.77. The van der Waals surface area contributed by atoms with Gasteiger partial charge in [-0.05, 0) is 25.0 Å². The molecule has 0 aromatic heterocycles. The number of carbonyl (C=O) groups is 1. The quantitative estimate of drug-likeness (QED) is 0.824. The Hall–Kier alpha value is -0.670. The summed E-state index contributed by atoms with van der Waals surface area (Å²) in [5.41, 5.74) is 1.21. The van der Waals surface area contributed by atoms with E-state index in [9.17, 15) is 4.79 Å². The van der Waals surface area contributed by atoms with Gasteiger partial charge in [-0.25, -0.2) is 0 Å². The van der Waals surface area contributed by atoms with Gasteiger partial charge in [0.2, 0.25) is 5.91 Å². The molecule has 1 heterocycles. The molecule has 0 fully saturated rings. The van der Waals surface area contributed by atoms with Crippen LogP contribution in [0.4, 0.5) is 0 Å². The Kier molecular flexibility index (Phi) is 3.77. The summed E-state index contributed by atoms with van der Waals surface area (Å²) in [6, 6.07) is 8.33. The van der Waals surface area contributed by atoms with Gasteiger partial charge >= 0.3 is 0 Å². The van der Waals surface area contributed by atoms with E-state index in [2.05, 4.69) is 17.4 Å². The minimum Gasteiger partial charge on any atom is -0.348 e. The number of alkyl halides is 1. The molecule has 1 aliphatic rings. The monoisotopic (exact) mass is 255 g/mol. The van der Waals surface area contributed by atoms with Gasteiger partial charge < -0.3 is 5.32 Å². The molecule has 2 rings (SSSR count). The molecule has 2 nitrogen and oxygen atoms in total. The molecule has 2 atom stereocenters. The number of amides is 1. The lowest BCUT2D eigenvalue weighted by molar-refractivity contribution is -0.121. The summed E-state index contributed by atoms with van der Waals surface area (Å²) in [4.78, 5) is 12.8. The largest absolute Gasteiger partial charge is 0.348 e. The number of fused-ring (bicyclic) bond motifs is 1. The highest BCUT2D eigenvalue weighted by Gasteiger charge is 2.22. The Morgan fingerprint density at radius 2 is 2.31 bits per heavy atom. The number of hydrogen-bond acceptors (Lipinski definition) is 2. The fourth-order valence-electron chi connectivity index (χ4n) is 1.78. The van der Waals surface area contributed by atoms with Gasteiger partial charge in [0.1, 0.15) is 5.38 Å².